The molecule has 0 spiro atoms. The molecule has 0 saturated carbocycles. The van der Waals surface area contributed by atoms with Crippen LogP contribution in [0.25, 0.3) is 0 Å². The summed E-state index contributed by atoms with van der Waals surface area (Å²) in [6.45, 7) is 0. The van der Waals surface area contributed by atoms with Crippen LogP contribution in [0.15, 0.2) is 23.7 Å². The maximum atomic E-state index is 10.7. The minimum absolute atomic E-state index is 0.0436. The fourth-order valence-electron chi connectivity index (χ4n) is 0.749. The highest BCUT2D eigenvalue weighted by atomic mass is 16.5. The maximum absolute atomic E-state index is 10.7. The average Bonchev–Trinajstić information content (AvgIpc) is 1.94. The van der Waals surface area contributed by atoms with Gasteiger partial charge < -0.3 is 9.84 Å². The van der Waals surface area contributed by atoms with Gasteiger partial charge in [0.1, 0.15) is 5.76 Å². The van der Waals surface area contributed by atoms with Crippen LogP contribution in [0.1, 0.15) is 6.42 Å². The van der Waals surface area contributed by atoms with E-state index in [0.29, 0.717) is 5.76 Å². The lowest BCUT2D eigenvalue weighted by atomic mass is 10.1. The van der Waals surface area contributed by atoms with Crippen molar-refractivity contribution in [2.24, 2.45) is 0 Å². The minimum Gasteiger partial charge on any atom is -0.504 e. The van der Waals surface area contributed by atoms with Crippen LogP contribution in [-0.4, -0.2) is 18.0 Å². The number of methoxy groups -OCH3 is 1. The van der Waals surface area contributed by atoms with E-state index in [4.69, 9.17) is 9.84 Å². The molecule has 54 valence electrons. The Morgan fingerprint density at radius 1 is 1.60 bits per heavy atom. The average molecular weight is 140 g/mol. The van der Waals surface area contributed by atoms with Gasteiger partial charge in [-0.15, -0.1) is 0 Å². The van der Waals surface area contributed by atoms with Gasteiger partial charge in [-0.25, -0.2) is 0 Å². The summed E-state index contributed by atoms with van der Waals surface area (Å²) in [5.74, 6) is 0.337. The van der Waals surface area contributed by atoms with Crippen molar-refractivity contribution in [3.05, 3.63) is 23.7 Å². The topological polar surface area (TPSA) is 46.5 Å². The van der Waals surface area contributed by atoms with Gasteiger partial charge in [-0.05, 0) is 12.2 Å². The Morgan fingerprint density at radius 2 is 2.30 bits per heavy atom. The van der Waals surface area contributed by atoms with Gasteiger partial charge in [0.25, 0.3) is 0 Å². The van der Waals surface area contributed by atoms with E-state index in [9.17, 15) is 4.79 Å². The molecule has 0 radical (unpaired) electrons. The van der Waals surface area contributed by atoms with Crippen LogP contribution in [0.2, 0.25) is 0 Å². The number of aliphatic hydroxyl groups excluding tert-OH is 1. The summed E-state index contributed by atoms with van der Waals surface area (Å²) in [5, 5.41) is 9.00. The molecule has 1 aliphatic rings. The Bertz CT molecular complexity index is 213. The Labute approximate surface area is 58.6 Å². The fraction of sp³-hybridized carbons (Fsp3) is 0.286. The molecule has 10 heavy (non-hydrogen) atoms. The lowest BCUT2D eigenvalue weighted by Crippen LogP contribution is -2.04. The molecule has 0 atom stereocenters. The van der Waals surface area contributed by atoms with Gasteiger partial charge in [0.05, 0.1) is 13.5 Å². The highest BCUT2D eigenvalue weighted by Gasteiger charge is 2.12. The second kappa shape index (κ2) is 2.56. The molecule has 0 aromatic rings. The Hall–Kier alpha value is -1.25. The summed E-state index contributed by atoms with van der Waals surface area (Å²) >= 11 is 0. The largest absolute Gasteiger partial charge is 0.504 e. The molecule has 0 heterocycles. The van der Waals surface area contributed by atoms with Crippen molar-refractivity contribution in [1.29, 1.82) is 0 Å². The third-order valence-electron chi connectivity index (χ3n) is 1.29. The van der Waals surface area contributed by atoms with Gasteiger partial charge in [-0.2, -0.15) is 0 Å². The van der Waals surface area contributed by atoms with Crippen LogP contribution < -0.4 is 0 Å². The number of carbonyl (C=O) groups is 1. The standard InChI is InChI=1S/C7H8O3/c1-10-7-4-5(8)2-3-6(7)9/h2-3,9H,4H2,1H3. The van der Waals surface area contributed by atoms with Crippen LogP contribution >= 0.6 is 0 Å². The zero-order valence-electron chi connectivity index (χ0n) is 5.63. The third kappa shape index (κ3) is 1.18. The first-order valence-corrected chi connectivity index (χ1v) is 2.91. The van der Waals surface area contributed by atoms with E-state index < -0.39 is 0 Å². The lowest BCUT2D eigenvalue weighted by Gasteiger charge is -2.08. The molecule has 0 bridgehead atoms. The molecule has 0 aromatic carbocycles. The lowest BCUT2D eigenvalue weighted by molar-refractivity contribution is -0.114. The third-order valence-corrected chi connectivity index (χ3v) is 1.29. The van der Waals surface area contributed by atoms with Crippen molar-refractivity contribution in [1.82, 2.24) is 0 Å². The van der Waals surface area contributed by atoms with Crippen molar-refractivity contribution in [3.8, 4) is 0 Å². The van der Waals surface area contributed by atoms with Crippen molar-refractivity contribution in [2.75, 3.05) is 7.11 Å². The molecule has 0 amide bonds. The van der Waals surface area contributed by atoms with E-state index in [1.807, 2.05) is 0 Å². The molecule has 0 fully saturated rings. The van der Waals surface area contributed by atoms with Gasteiger partial charge in [-0.3, -0.25) is 4.79 Å². The summed E-state index contributed by atoms with van der Waals surface area (Å²) < 4.78 is 4.73. The number of carbonyl (C=O) groups excluding carboxylic acids is 1. The highest BCUT2D eigenvalue weighted by Crippen LogP contribution is 2.14. The van der Waals surface area contributed by atoms with Crippen LogP contribution in [0.3, 0.4) is 0 Å². The van der Waals surface area contributed by atoms with Crippen LogP contribution in [0, 0.1) is 0 Å². The van der Waals surface area contributed by atoms with Crippen molar-refractivity contribution < 1.29 is 14.6 Å². The fourth-order valence-corrected chi connectivity index (χ4v) is 0.749. The number of ether oxygens (including phenoxy) is 1. The van der Waals surface area contributed by atoms with E-state index in [-0.39, 0.29) is 18.0 Å². The van der Waals surface area contributed by atoms with E-state index >= 15 is 0 Å². The summed E-state index contributed by atoms with van der Waals surface area (Å²) in [6, 6.07) is 0. The number of hydrogen-bond acceptors (Lipinski definition) is 3. The van der Waals surface area contributed by atoms with Gasteiger partial charge >= 0.3 is 0 Å². The normalized spacial score (nSPS) is 17.9. The van der Waals surface area contributed by atoms with Crippen molar-refractivity contribution in [2.45, 2.75) is 6.42 Å². The molecule has 1 rings (SSSR count). The molecule has 1 aliphatic carbocycles. The van der Waals surface area contributed by atoms with E-state index in [1.165, 1.54) is 19.3 Å². The number of allylic oxidation sites excluding steroid dienone is 3. The van der Waals surface area contributed by atoms with Crippen molar-refractivity contribution >= 4 is 5.78 Å². The molecule has 3 heteroatoms. The van der Waals surface area contributed by atoms with E-state index in [0.717, 1.165) is 0 Å². The SMILES string of the molecule is COC1=C(O)C=CC(=O)C1. The summed E-state index contributed by atoms with van der Waals surface area (Å²) in [7, 11) is 1.43. The molecular weight excluding hydrogens is 132 g/mol. The van der Waals surface area contributed by atoms with Gasteiger partial charge in [0.15, 0.2) is 11.5 Å². The summed E-state index contributed by atoms with van der Waals surface area (Å²) in [6.07, 6.45) is 2.83. The first-order valence-electron chi connectivity index (χ1n) is 2.91. The zero-order valence-corrected chi connectivity index (χ0v) is 5.63. The molecule has 1 N–H and O–H groups in total. The Kier molecular flexibility index (Phi) is 1.76. The quantitative estimate of drug-likeness (QED) is 0.589. The summed E-state index contributed by atoms with van der Waals surface area (Å²) in [5.41, 5.74) is 0. The minimum atomic E-state index is -0.0466. The second-order valence-electron chi connectivity index (χ2n) is 1.99. The van der Waals surface area contributed by atoms with E-state index in [2.05, 4.69) is 0 Å². The monoisotopic (exact) mass is 140 g/mol. The van der Waals surface area contributed by atoms with Gasteiger partial charge in [-0.1, -0.05) is 0 Å². The first kappa shape index (κ1) is 6.86. The van der Waals surface area contributed by atoms with Crippen LogP contribution in [0.5, 0.6) is 0 Å². The number of rotatable bonds is 1. The molecule has 0 aromatic heterocycles. The summed E-state index contributed by atoms with van der Waals surface area (Å²) in [4.78, 5) is 10.7. The van der Waals surface area contributed by atoms with Gasteiger partial charge in [0.2, 0.25) is 0 Å². The second-order valence-corrected chi connectivity index (χ2v) is 1.99. The Morgan fingerprint density at radius 3 is 2.80 bits per heavy atom. The first-order chi connectivity index (χ1) is 4.74. The zero-order chi connectivity index (χ0) is 7.56. The van der Waals surface area contributed by atoms with Gasteiger partial charge in [0, 0.05) is 0 Å². The number of hydrogen-bond donors (Lipinski definition) is 1. The molecular formula is C7H8O3. The highest BCUT2D eigenvalue weighted by molar-refractivity contribution is 5.92. The number of ketones is 1. The maximum Gasteiger partial charge on any atom is 0.163 e. The predicted octanol–water partition coefficient (Wildman–Crippen LogP) is 0.931. The van der Waals surface area contributed by atoms with Crippen LogP contribution in [0.4, 0.5) is 0 Å². The Balaban J connectivity index is 2.84. The molecule has 0 unspecified atom stereocenters. The predicted molar refractivity (Wildman–Crippen MR) is 35.4 cm³/mol. The number of aliphatic hydroxyl groups is 1. The molecule has 3 nitrogen and oxygen atoms in total. The van der Waals surface area contributed by atoms with Crippen molar-refractivity contribution in [3.63, 3.8) is 0 Å². The molecule has 0 saturated heterocycles. The van der Waals surface area contributed by atoms with Crippen LogP contribution in [-0.2, 0) is 9.53 Å². The van der Waals surface area contributed by atoms with E-state index in [1.54, 1.807) is 0 Å². The molecule has 0 aliphatic heterocycles. The smallest absolute Gasteiger partial charge is 0.163 e.